The molecule has 1 saturated carbocycles. The Labute approximate surface area is 351 Å². The summed E-state index contributed by atoms with van der Waals surface area (Å²) in [6.45, 7) is -1.01. The van der Waals surface area contributed by atoms with Crippen molar-refractivity contribution in [1.29, 1.82) is 0 Å². The molecule has 1 aliphatic heterocycles. The van der Waals surface area contributed by atoms with Crippen LogP contribution in [0.4, 0.5) is 30.7 Å². The van der Waals surface area contributed by atoms with Crippen LogP contribution in [0.3, 0.4) is 0 Å². The zero-order valence-electron chi connectivity index (χ0n) is 32.1. The molecular formula is C40H31ClF7N9O4S. The summed E-state index contributed by atoms with van der Waals surface area (Å²) in [4.78, 5) is 37.9. The summed E-state index contributed by atoms with van der Waals surface area (Å²) in [6.07, 6.45) is 2.48. The Bertz CT molecular complexity index is 2990. The van der Waals surface area contributed by atoms with E-state index in [-0.39, 0.29) is 62.0 Å². The first-order valence-corrected chi connectivity index (χ1v) is 21.1. The number of benzene rings is 2. The Morgan fingerprint density at radius 3 is 2.50 bits per heavy atom. The van der Waals surface area contributed by atoms with E-state index in [0.717, 1.165) is 29.0 Å². The maximum Gasteiger partial charge on any atom is 0.293 e. The molecule has 5 atom stereocenters. The molecule has 0 bridgehead atoms. The number of nitrogens with one attached hydrogen (secondary N) is 2. The number of amides is 1. The molecule has 4 aliphatic rings. The molecule has 2 aromatic carbocycles. The minimum Gasteiger partial charge on any atom is -0.344 e. The number of hydrazone groups is 1. The van der Waals surface area contributed by atoms with Gasteiger partial charge in [-0.25, -0.2) is 35.4 Å². The largest absolute Gasteiger partial charge is 0.344 e. The molecule has 9 rings (SSSR count). The lowest BCUT2D eigenvalue weighted by atomic mass is 9.91. The van der Waals surface area contributed by atoms with E-state index >= 15 is 13.2 Å². The molecule has 5 aromatic rings. The van der Waals surface area contributed by atoms with Crippen molar-refractivity contribution in [3.8, 4) is 11.1 Å². The third kappa shape index (κ3) is 7.09. The highest BCUT2D eigenvalue weighted by atomic mass is 35.5. The van der Waals surface area contributed by atoms with Crippen LogP contribution in [0.5, 0.6) is 0 Å². The lowest BCUT2D eigenvalue weighted by Gasteiger charge is -2.33. The van der Waals surface area contributed by atoms with E-state index < -0.39 is 105 Å². The fourth-order valence-electron chi connectivity index (χ4n) is 8.72. The van der Waals surface area contributed by atoms with E-state index in [4.69, 9.17) is 16.6 Å². The molecule has 0 spiro atoms. The summed E-state index contributed by atoms with van der Waals surface area (Å²) in [7, 11) is -2.42. The number of hydrogen-bond acceptors (Lipinski definition) is 9. The molecule has 2 N–H and O–H groups in total. The number of fused-ring (bicyclic) bond motifs is 5. The van der Waals surface area contributed by atoms with Crippen molar-refractivity contribution < 1.29 is 43.9 Å². The summed E-state index contributed by atoms with van der Waals surface area (Å²) < 4.78 is 132. The lowest BCUT2D eigenvalue weighted by molar-refractivity contribution is -0.123. The Hall–Kier alpha value is -6.09. The molecular weight excluding hydrogens is 871 g/mol. The Balaban J connectivity index is 1.22. The van der Waals surface area contributed by atoms with Crippen molar-refractivity contribution in [1.82, 2.24) is 39.4 Å². The van der Waals surface area contributed by atoms with Gasteiger partial charge in [-0.05, 0) is 65.9 Å². The maximum absolute atomic E-state index is 15.5. The summed E-state index contributed by atoms with van der Waals surface area (Å²) in [6, 6.07) is 5.26. The predicted molar refractivity (Wildman–Crippen MR) is 211 cm³/mol. The average molecular weight is 902 g/mol. The molecule has 0 radical (unpaired) electrons. The SMILES string of the molecule is CN1N=C(NS(C)(=O)=O)C2C(Cl)=CC=C(n3c([C@H](Cc4cc(F)cc(F)c4)NC(=O)Cn4nc(C(F)F)c5c4C(F)(F)[C@@H]4C[C@H]54)nc4cc(-c5cnccc5F)ccc4c3=O)C21. The second-order valence-electron chi connectivity index (χ2n) is 15.5. The van der Waals surface area contributed by atoms with E-state index in [1.54, 1.807) is 0 Å². The Morgan fingerprint density at radius 1 is 1.06 bits per heavy atom. The zero-order chi connectivity index (χ0) is 44.2. The van der Waals surface area contributed by atoms with Crippen molar-refractivity contribution >= 4 is 50.0 Å². The maximum atomic E-state index is 15.5. The summed E-state index contributed by atoms with van der Waals surface area (Å²) in [5.41, 5.74) is -2.52. The number of pyridine rings is 1. The number of amidine groups is 1. The van der Waals surface area contributed by atoms with Gasteiger partial charge in [-0.15, -0.1) is 0 Å². The van der Waals surface area contributed by atoms with E-state index in [1.807, 2.05) is 0 Å². The predicted octanol–water partition coefficient (Wildman–Crippen LogP) is 6.09. The fourth-order valence-corrected chi connectivity index (χ4v) is 9.55. The van der Waals surface area contributed by atoms with Crippen LogP contribution in [-0.4, -0.2) is 68.8 Å². The first-order valence-electron chi connectivity index (χ1n) is 18.9. The van der Waals surface area contributed by atoms with Crippen molar-refractivity contribution in [2.24, 2.45) is 16.9 Å². The van der Waals surface area contributed by atoms with Gasteiger partial charge in [0.15, 0.2) is 0 Å². The molecule has 1 amide bonds. The number of alkyl halides is 4. The monoisotopic (exact) mass is 901 g/mol. The van der Waals surface area contributed by atoms with E-state index in [9.17, 15) is 35.6 Å². The number of sulfonamides is 1. The third-order valence-corrected chi connectivity index (χ3v) is 12.2. The Kier molecular flexibility index (Phi) is 9.84. The quantitative estimate of drug-likeness (QED) is 0.160. The van der Waals surface area contributed by atoms with Crippen LogP contribution >= 0.6 is 11.6 Å². The first kappa shape index (κ1) is 41.3. The number of nitrogens with zero attached hydrogens (tertiary/aromatic N) is 7. The number of hydrogen-bond donors (Lipinski definition) is 2. The van der Waals surface area contributed by atoms with Crippen molar-refractivity contribution in [2.75, 3.05) is 13.3 Å². The van der Waals surface area contributed by atoms with Crippen LogP contribution < -0.4 is 15.6 Å². The molecule has 2 unspecified atom stereocenters. The van der Waals surface area contributed by atoms with Gasteiger partial charge in [0.1, 0.15) is 53.1 Å². The number of halogens is 8. The molecule has 13 nitrogen and oxygen atoms in total. The van der Waals surface area contributed by atoms with Gasteiger partial charge in [0.25, 0.3) is 17.9 Å². The van der Waals surface area contributed by atoms with Crippen LogP contribution in [0.15, 0.2) is 81.9 Å². The van der Waals surface area contributed by atoms with Crippen LogP contribution in [0, 0.1) is 29.3 Å². The molecule has 1 fully saturated rings. The number of aromatic nitrogens is 5. The topological polar surface area (TPSA) is 156 Å². The van der Waals surface area contributed by atoms with Gasteiger partial charge in [0, 0.05) is 54.0 Å². The van der Waals surface area contributed by atoms with Gasteiger partial charge >= 0.3 is 0 Å². The zero-order valence-corrected chi connectivity index (χ0v) is 33.7. The van der Waals surface area contributed by atoms with Crippen molar-refractivity contribution in [3.63, 3.8) is 0 Å². The minimum absolute atomic E-state index is 0.0195. The standard InChI is InChI=1S/C40H31ClF7N9O4S/c1-55-34-29(6-5-25(41)32(34)37(53-55)54-62(2,60)61)57-38(51-27-12-18(3-4-21(27)39(57)59)23-15-49-8-7-26(23)44)28(11-17-9-19(42)13-20(43)10-17)50-30(58)16-56-35-31(33(52-56)36(45)46)22-14-24(22)40(35,47)48/h3-10,12-13,15,22,24,28,32,34,36H,11,14,16H2,1-2H3,(H,50,58)(H,53,54)/t22-,24+,28-,32?,34?/m0/s1. The van der Waals surface area contributed by atoms with Crippen LogP contribution in [0.25, 0.3) is 27.7 Å². The van der Waals surface area contributed by atoms with Crippen LogP contribution in [0.2, 0.25) is 0 Å². The van der Waals surface area contributed by atoms with Gasteiger partial charge in [0.05, 0.1) is 34.8 Å². The molecule has 22 heteroatoms. The van der Waals surface area contributed by atoms with Gasteiger partial charge in [0.2, 0.25) is 15.9 Å². The molecule has 3 aliphatic carbocycles. The van der Waals surface area contributed by atoms with E-state index in [1.165, 1.54) is 54.8 Å². The lowest BCUT2D eigenvalue weighted by Crippen LogP contribution is -2.44. The normalized spacial score (nSPS) is 21.5. The van der Waals surface area contributed by atoms with Gasteiger partial charge in [-0.3, -0.25) is 33.6 Å². The Morgan fingerprint density at radius 2 is 1.81 bits per heavy atom. The van der Waals surface area contributed by atoms with E-state index in [0.29, 0.717) is 10.7 Å². The average Bonchev–Trinajstić information content (AvgIpc) is 3.73. The fraction of sp³-hybridized carbons (Fsp3) is 0.300. The number of carbonyl (C=O) groups excluding carboxylic acids is 1. The number of allylic oxidation sites excluding steroid dienone is 2. The molecule has 322 valence electrons. The second-order valence-corrected chi connectivity index (χ2v) is 17.7. The highest BCUT2D eigenvalue weighted by molar-refractivity contribution is 7.89. The van der Waals surface area contributed by atoms with Crippen LogP contribution in [-0.2, 0) is 33.7 Å². The molecule has 62 heavy (non-hydrogen) atoms. The minimum atomic E-state index is -3.90. The first-order chi connectivity index (χ1) is 29.3. The van der Waals surface area contributed by atoms with Gasteiger partial charge < -0.3 is 5.32 Å². The van der Waals surface area contributed by atoms with E-state index in [2.05, 4.69) is 25.2 Å². The van der Waals surface area contributed by atoms with Gasteiger partial charge in [-0.2, -0.15) is 19.0 Å². The highest BCUT2D eigenvalue weighted by Gasteiger charge is 2.67. The molecule has 4 heterocycles. The smallest absolute Gasteiger partial charge is 0.293 e. The van der Waals surface area contributed by atoms with Crippen molar-refractivity contribution in [3.05, 3.63) is 128 Å². The summed E-state index contributed by atoms with van der Waals surface area (Å²) in [5.74, 6) is -10.8. The third-order valence-electron chi connectivity index (χ3n) is 11.3. The second kappa shape index (κ2) is 14.8. The number of likely N-dealkylation sites (N-methyl/N-ethyl adjacent to an activating group) is 1. The van der Waals surface area contributed by atoms with Gasteiger partial charge in [-0.1, -0.05) is 17.7 Å². The highest BCUT2D eigenvalue weighted by Crippen LogP contribution is 2.68. The number of rotatable bonds is 10. The molecule has 0 saturated heterocycles. The van der Waals surface area contributed by atoms with Crippen molar-refractivity contribution in [2.45, 2.75) is 49.7 Å². The summed E-state index contributed by atoms with van der Waals surface area (Å²) in [5, 5.41) is 12.1. The summed E-state index contributed by atoms with van der Waals surface area (Å²) >= 11 is 6.66. The number of carbonyl (C=O) groups is 1. The molecule has 3 aromatic heterocycles. The van der Waals surface area contributed by atoms with Crippen LogP contribution in [0.1, 0.15) is 53.1 Å².